The lowest BCUT2D eigenvalue weighted by molar-refractivity contribution is 0.111. The number of hydrogen-bond donors (Lipinski definition) is 0. The summed E-state index contributed by atoms with van der Waals surface area (Å²) in [7, 11) is 0. The monoisotopic (exact) mass is 306 g/mol. The zero-order valence-corrected chi connectivity index (χ0v) is 11.0. The molecule has 0 saturated carbocycles. The first-order chi connectivity index (χ1) is 8.28. The summed E-state index contributed by atoms with van der Waals surface area (Å²) in [5.74, 6) is 0. The minimum absolute atomic E-state index is 0.608. The molecule has 0 aliphatic carbocycles. The van der Waals surface area contributed by atoms with Gasteiger partial charge < -0.3 is 0 Å². The molecule has 0 aromatic carbocycles. The van der Waals surface area contributed by atoms with Crippen LogP contribution in [0.25, 0.3) is 16.2 Å². The van der Waals surface area contributed by atoms with Crippen LogP contribution in [-0.2, 0) is 0 Å². The fourth-order valence-electron chi connectivity index (χ4n) is 1.70. The lowest BCUT2D eigenvalue weighted by Crippen LogP contribution is -1.91. The Morgan fingerprint density at radius 1 is 1.29 bits per heavy atom. The van der Waals surface area contributed by atoms with Gasteiger partial charge in [-0.15, -0.1) is 11.3 Å². The van der Waals surface area contributed by atoms with Gasteiger partial charge >= 0.3 is 0 Å². The van der Waals surface area contributed by atoms with E-state index < -0.39 is 0 Å². The maximum Gasteiger partial charge on any atom is 0.166 e. The fourth-order valence-corrected chi connectivity index (χ4v) is 3.04. The van der Waals surface area contributed by atoms with Gasteiger partial charge in [0.1, 0.15) is 5.65 Å². The maximum absolute atomic E-state index is 10.9. The van der Waals surface area contributed by atoms with E-state index in [1.165, 1.54) is 0 Å². The average molecular weight is 307 g/mol. The summed E-state index contributed by atoms with van der Waals surface area (Å²) in [5.41, 5.74) is 2.28. The number of nitrogens with zero attached hydrogens (tertiary/aromatic N) is 2. The molecule has 0 aliphatic heterocycles. The van der Waals surface area contributed by atoms with Crippen molar-refractivity contribution < 1.29 is 4.79 Å². The van der Waals surface area contributed by atoms with Crippen LogP contribution in [0.1, 0.15) is 10.5 Å². The largest absolute Gasteiger partial charge is 0.296 e. The van der Waals surface area contributed by atoms with Gasteiger partial charge in [0, 0.05) is 6.20 Å². The van der Waals surface area contributed by atoms with E-state index in [0.717, 1.165) is 26.3 Å². The van der Waals surface area contributed by atoms with E-state index in [9.17, 15) is 4.79 Å². The Morgan fingerprint density at radius 2 is 2.18 bits per heavy atom. The summed E-state index contributed by atoms with van der Waals surface area (Å²) in [4.78, 5) is 16.5. The van der Waals surface area contributed by atoms with Gasteiger partial charge in [-0.05, 0) is 40.2 Å². The van der Waals surface area contributed by atoms with Gasteiger partial charge in [0.15, 0.2) is 6.29 Å². The van der Waals surface area contributed by atoms with Gasteiger partial charge in [-0.25, -0.2) is 4.98 Å². The summed E-state index contributed by atoms with van der Waals surface area (Å²) in [6.07, 6.45) is 2.72. The minimum Gasteiger partial charge on any atom is -0.296 e. The molecule has 17 heavy (non-hydrogen) atoms. The topological polar surface area (TPSA) is 34.4 Å². The van der Waals surface area contributed by atoms with Crippen molar-refractivity contribution in [2.45, 2.75) is 0 Å². The Balaban J connectivity index is 2.23. The second kappa shape index (κ2) is 4.09. The minimum atomic E-state index is 0.608. The van der Waals surface area contributed by atoms with Gasteiger partial charge in [0.2, 0.25) is 0 Å². The number of thiophene rings is 1. The molecule has 3 aromatic heterocycles. The van der Waals surface area contributed by atoms with Crippen molar-refractivity contribution in [1.29, 1.82) is 0 Å². The third kappa shape index (κ3) is 1.81. The molecule has 3 aromatic rings. The first-order valence-corrected chi connectivity index (χ1v) is 6.58. The second-order valence-corrected chi connectivity index (χ2v) is 5.99. The first kappa shape index (κ1) is 10.7. The summed E-state index contributed by atoms with van der Waals surface area (Å²) >= 11 is 5.05. The number of pyridine rings is 1. The predicted octanol–water partition coefficient (Wildman–Crippen LogP) is 3.64. The van der Waals surface area contributed by atoms with Crippen molar-refractivity contribution in [3.05, 3.63) is 46.0 Å². The second-order valence-electron chi connectivity index (χ2n) is 3.53. The zero-order chi connectivity index (χ0) is 11.8. The molecule has 0 unspecified atom stereocenters. The van der Waals surface area contributed by atoms with Crippen LogP contribution in [0, 0.1) is 0 Å². The molecule has 0 spiro atoms. The van der Waals surface area contributed by atoms with E-state index in [0.29, 0.717) is 5.69 Å². The fraction of sp³-hybridized carbons (Fsp3) is 0. The number of carbonyl (C=O) groups excluding carboxylic acids is 1. The molecule has 0 radical (unpaired) electrons. The number of imidazole rings is 1. The van der Waals surface area contributed by atoms with Crippen LogP contribution < -0.4 is 0 Å². The smallest absolute Gasteiger partial charge is 0.166 e. The number of rotatable bonds is 2. The number of halogens is 1. The first-order valence-electron chi connectivity index (χ1n) is 4.97. The molecule has 3 heterocycles. The van der Waals surface area contributed by atoms with Crippen molar-refractivity contribution in [3.8, 4) is 10.6 Å². The van der Waals surface area contributed by atoms with Crippen LogP contribution in [0.5, 0.6) is 0 Å². The normalized spacial score (nSPS) is 10.9. The SMILES string of the molecule is O=Cc1cccc2nc(-c3ccc(Br)s3)cn12. The van der Waals surface area contributed by atoms with Crippen molar-refractivity contribution in [2.24, 2.45) is 0 Å². The van der Waals surface area contributed by atoms with Gasteiger partial charge in [-0.3, -0.25) is 9.20 Å². The van der Waals surface area contributed by atoms with Crippen LogP contribution in [0.15, 0.2) is 40.3 Å². The lowest BCUT2D eigenvalue weighted by atomic mass is 10.3. The Hall–Kier alpha value is -1.46. The standard InChI is InChI=1S/C12H7BrN2OS/c13-11-5-4-10(17-11)9-6-15-8(7-16)2-1-3-12(15)14-9/h1-7H. The zero-order valence-electron chi connectivity index (χ0n) is 8.63. The van der Waals surface area contributed by atoms with Crippen LogP contribution in [0.3, 0.4) is 0 Å². The van der Waals surface area contributed by atoms with Gasteiger partial charge in [0.25, 0.3) is 0 Å². The van der Waals surface area contributed by atoms with E-state index in [-0.39, 0.29) is 0 Å². The highest BCUT2D eigenvalue weighted by Gasteiger charge is 2.08. The summed E-state index contributed by atoms with van der Waals surface area (Å²) in [5, 5.41) is 0. The highest BCUT2D eigenvalue weighted by Crippen LogP contribution is 2.30. The molecule has 0 bridgehead atoms. The Bertz CT molecular complexity index is 701. The molecule has 0 atom stereocenters. The molecule has 0 saturated heterocycles. The van der Waals surface area contributed by atoms with E-state index in [4.69, 9.17) is 0 Å². The van der Waals surface area contributed by atoms with Crippen LogP contribution >= 0.6 is 27.3 Å². The number of carbonyl (C=O) groups is 1. The van der Waals surface area contributed by atoms with E-state index in [1.54, 1.807) is 21.8 Å². The summed E-state index contributed by atoms with van der Waals surface area (Å²) in [6.45, 7) is 0. The molecule has 0 fully saturated rings. The van der Waals surface area contributed by atoms with Crippen LogP contribution in [0.4, 0.5) is 0 Å². The predicted molar refractivity (Wildman–Crippen MR) is 71.6 cm³/mol. The molecule has 5 heteroatoms. The molecule has 0 N–H and O–H groups in total. The number of fused-ring (bicyclic) bond motifs is 1. The average Bonchev–Trinajstić information content (AvgIpc) is 2.93. The highest BCUT2D eigenvalue weighted by atomic mass is 79.9. The summed E-state index contributed by atoms with van der Waals surface area (Å²) in [6, 6.07) is 9.50. The number of aldehydes is 1. The molecule has 3 rings (SSSR count). The molecule has 3 nitrogen and oxygen atoms in total. The third-order valence-corrected chi connectivity index (χ3v) is 4.12. The van der Waals surface area contributed by atoms with Crippen molar-refractivity contribution in [2.75, 3.05) is 0 Å². The Labute approximate surface area is 110 Å². The number of hydrogen-bond acceptors (Lipinski definition) is 3. The van der Waals surface area contributed by atoms with Gasteiger partial charge in [0.05, 0.1) is 20.1 Å². The summed E-state index contributed by atoms with van der Waals surface area (Å²) < 4.78 is 2.87. The van der Waals surface area contributed by atoms with E-state index in [2.05, 4.69) is 20.9 Å². The third-order valence-electron chi connectivity index (χ3n) is 2.47. The molecule has 84 valence electrons. The van der Waals surface area contributed by atoms with Crippen LogP contribution in [-0.4, -0.2) is 15.7 Å². The maximum atomic E-state index is 10.9. The van der Waals surface area contributed by atoms with E-state index >= 15 is 0 Å². The van der Waals surface area contributed by atoms with Crippen molar-refractivity contribution >= 4 is 39.2 Å². The van der Waals surface area contributed by atoms with Gasteiger partial charge in [-0.2, -0.15) is 0 Å². The molecule has 0 amide bonds. The quantitative estimate of drug-likeness (QED) is 0.677. The molecular weight excluding hydrogens is 300 g/mol. The lowest BCUT2D eigenvalue weighted by Gasteiger charge is -1.94. The van der Waals surface area contributed by atoms with Gasteiger partial charge in [-0.1, -0.05) is 6.07 Å². The van der Waals surface area contributed by atoms with E-state index in [1.807, 2.05) is 30.5 Å². The van der Waals surface area contributed by atoms with Crippen molar-refractivity contribution in [1.82, 2.24) is 9.38 Å². The van der Waals surface area contributed by atoms with Crippen molar-refractivity contribution in [3.63, 3.8) is 0 Å². The highest BCUT2D eigenvalue weighted by molar-refractivity contribution is 9.11. The van der Waals surface area contributed by atoms with Crippen LogP contribution in [0.2, 0.25) is 0 Å². The Morgan fingerprint density at radius 3 is 2.88 bits per heavy atom. The Kier molecular flexibility index (Phi) is 2.57. The molecular formula is C12H7BrN2OS. The molecule has 0 aliphatic rings. The number of aromatic nitrogens is 2.